The van der Waals surface area contributed by atoms with E-state index in [0.717, 1.165) is 24.3 Å². The molecule has 0 bridgehead atoms. The van der Waals surface area contributed by atoms with E-state index < -0.39 is 23.6 Å². The molecule has 0 radical (unpaired) electrons. The molecule has 0 aliphatic rings. The van der Waals surface area contributed by atoms with Crippen LogP contribution in [0.1, 0.15) is 22.8 Å². The average molecular weight is 318 g/mol. The molecule has 0 spiro atoms. The maximum atomic E-state index is 12.4. The van der Waals surface area contributed by atoms with Crippen LogP contribution >= 0.6 is 0 Å². The topological polar surface area (TPSA) is 67.4 Å². The van der Waals surface area contributed by atoms with Gasteiger partial charge in [-0.15, -0.1) is 0 Å². The van der Waals surface area contributed by atoms with Gasteiger partial charge in [0.25, 0.3) is 5.91 Å². The quantitative estimate of drug-likeness (QED) is 0.837. The fourth-order valence-corrected chi connectivity index (χ4v) is 1.69. The number of hydrogen-bond donors (Lipinski definition) is 2. The lowest BCUT2D eigenvalue weighted by Gasteiger charge is -2.13. The van der Waals surface area contributed by atoms with Crippen LogP contribution in [-0.2, 0) is 15.7 Å². The number of carbonyl (C=O) groups is 2. The molecule has 22 heavy (non-hydrogen) atoms. The van der Waals surface area contributed by atoms with E-state index in [-0.39, 0.29) is 18.2 Å². The molecule has 0 saturated carbocycles. The van der Waals surface area contributed by atoms with Crippen molar-refractivity contribution in [3.05, 3.63) is 35.4 Å². The number of methoxy groups -OCH3 is 1. The van der Waals surface area contributed by atoms with Gasteiger partial charge in [0.1, 0.15) is 0 Å². The fourth-order valence-electron chi connectivity index (χ4n) is 1.69. The summed E-state index contributed by atoms with van der Waals surface area (Å²) in [6, 6.07) is 3.54. The number of carbonyl (C=O) groups excluding carboxylic acids is 2. The molecule has 0 heterocycles. The van der Waals surface area contributed by atoms with Gasteiger partial charge < -0.3 is 15.4 Å². The van der Waals surface area contributed by atoms with Crippen LogP contribution < -0.4 is 10.6 Å². The van der Waals surface area contributed by atoms with Crippen LogP contribution in [0, 0.1) is 0 Å². The lowest BCUT2D eigenvalue weighted by molar-refractivity contribution is -0.137. The molecule has 0 aromatic heterocycles. The van der Waals surface area contributed by atoms with Gasteiger partial charge in [-0.05, 0) is 31.2 Å². The van der Waals surface area contributed by atoms with E-state index in [0.29, 0.717) is 6.61 Å². The molecule has 1 aromatic carbocycles. The Kier molecular flexibility index (Phi) is 6.36. The summed E-state index contributed by atoms with van der Waals surface area (Å²) in [7, 11) is 1.50. The maximum Gasteiger partial charge on any atom is 0.416 e. The Morgan fingerprint density at radius 1 is 1.23 bits per heavy atom. The van der Waals surface area contributed by atoms with E-state index >= 15 is 0 Å². The molecule has 0 saturated heterocycles. The first-order chi connectivity index (χ1) is 10.2. The molecule has 1 aromatic rings. The van der Waals surface area contributed by atoms with Crippen molar-refractivity contribution in [3.63, 3.8) is 0 Å². The van der Waals surface area contributed by atoms with E-state index in [4.69, 9.17) is 4.74 Å². The third kappa shape index (κ3) is 5.72. The van der Waals surface area contributed by atoms with Gasteiger partial charge >= 0.3 is 6.18 Å². The Morgan fingerprint density at radius 3 is 2.32 bits per heavy atom. The van der Waals surface area contributed by atoms with Gasteiger partial charge in [0.05, 0.1) is 18.7 Å². The van der Waals surface area contributed by atoms with E-state index in [9.17, 15) is 22.8 Å². The molecule has 0 fully saturated rings. The molecule has 0 unspecified atom stereocenters. The van der Waals surface area contributed by atoms with Crippen LogP contribution in [0.2, 0.25) is 0 Å². The molecule has 1 atom stereocenters. The van der Waals surface area contributed by atoms with E-state index in [1.165, 1.54) is 7.11 Å². The summed E-state index contributed by atoms with van der Waals surface area (Å²) in [4.78, 5) is 23.2. The molecule has 8 heteroatoms. The van der Waals surface area contributed by atoms with E-state index in [1.54, 1.807) is 6.92 Å². The Labute approximate surface area is 125 Å². The molecule has 2 N–H and O–H groups in total. The van der Waals surface area contributed by atoms with E-state index in [1.807, 2.05) is 0 Å². The summed E-state index contributed by atoms with van der Waals surface area (Å²) in [5.41, 5.74) is -0.791. The number of amides is 2. The zero-order valence-electron chi connectivity index (χ0n) is 12.2. The van der Waals surface area contributed by atoms with Crippen molar-refractivity contribution < 1.29 is 27.5 Å². The summed E-state index contributed by atoms with van der Waals surface area (Å²) in [5.74, 6) is -1.03. The normalized spacial score (nSPS) is 12.6. The van der Waals surface area contributed by atoms with Crippen LogP contribution in [0.3, 0.4) is 0 Å². The summed E-state index contributed by atoms with van der Waals surface area (Å²) in [6.45, 7) is 1.80. The van der Waals surface area contributed by atoms with Crippen LogP contribution in [0.4, 0.5) is 13.2 Å². The molecule has 5 nitrogen and oxygen atoms in total. The Bertz CT molecular complexity index is 515. The van der Waals surface area contributed by atoms with Crippen molar-refractivity contribution in [2.75, 3.05) is 20.3 Å². The van der Waals surface area contributed by atoms with Gasteiger partial charge in [0.15, 0.2) is 0 Å². The monoisotopic (exact) mass is 318 g/mol. The van der Waals surface area contributed by atoms with Crippen LogP contribution in [-0.4, -0.2) is 38.1 Å². The highest BCUT2D eigenvalue weighted by Crippen LogP contribution is 2.28. The highest BCUT2D eigenvalue weighted by molar-refractivity contribution is 5.96. The van der Waals surface area contributed by atoms with Gasteiger partial charge in [-0.3, -0.25) is 9.59 Å². The SMILES string of the molecule is COC[C@H](C)NC(=O)CNC(=O)c1ccc(C(F)(F)F)cc1. The molecular weight excluding hydrogens is 301 g/mol. The average Bonchev–Trinajstić information content (AvgIpc) is 2.44. The number of rotatable bonds is 6. The zero-order valence-corrected chi connectivity index (χ0v) is 12.2. The minimum absolute atomic E-state index is 0.0470. The summed E-state index contributed by atoms with van der Waals surface area (Å²) in [6.07, 6.45) is -4.45. The zero-order chi connectivity index (χ0) is 16.8. The Balaban J connectivity index is 2.50. The van der Waals surface area contributed by atoms with Gasteiger partial charge in [0.2, 0.25) is 5.91 Å². The molecule has 2 amide bonds. The second-order valence-corrected chi connectivity index (χ2v) is 4.68. The van der Waals surface area contributed by atoms with Crippen LogP contribution in [0.5, 0.6) is 0 Å². The lowest BCUT2D eigenvalue weighted by atomic mass is 10.1. The second-order valence-electron chi connectivity index (χ2n) is 4.68. The minimum Gasteiger partial charge on any atom is -0.383 e. The number of benzene rings is 1. The number of alkyl halides is 3. The smallest absolute Gasteiger partial charge is 0.383 e. The first kappa shape index (κ1) is 18.0. The summed E-state index contributed by atoms with van der Waals surface area (Å²) >= 11 is 0. The van der Waals surface area contributed by atoms with Crippen molar-refractivity contribution in [1.82, 2.24) is 10.6 Å². The van der Waals surface area contributed by atoms with Gasteiger partial charge in [-0.1, -0.05) is 0 Å². The fraction of sp³-hybridized carbons (Fsp3) is 0.429. The predicted molar refractivity (Wildman–Crippen MR) is 73.3 cm³/mol. The highest BCUT2D eigenvalue weighted by Gasteiger charge is 2.30. The maximum absolute atomic E-state index is 12.4. The molecule has 1 rings (SSSR count). The second kappa shape index (κ2) is 7.79. The van der Waals surface area contributed by atoms with Crippen molar-refractivity contribution in [1.29, 1.82) is 0 Å². The first-order valence-corrected chi connectivity index (χ1v) is 6.47. The first-order valence-electron chi connectivity index (χ1n) is 6.47. The Hall–Kier alpha value is -2.09. The number of halogens is 3. The van der Waals surface area contributed by atoms with Gasteiger partial charge in [-0.2, -0.15) is 13.2 Å². The van der Waals surface area contributed by atoms with Crippen LogP contribution in [0.25, 0.3) is 0 Å². The number of ether oxygens (including phenoxy) is 1. The van der Waals surface area contributed by atoms with Gasteiger partial charge in [-0.25, -0.2) is 0 Å². The van der Waals surface area contributed by atoms with E-state index in [2.05, 4.69) is 10.6 Å². The van der Waals surface area contributed by atoms with Gasteiger partial charge in [0, 0.05) is 18.7 Å². The summed E-state index contributed by atoms with van der Waals surface area (Å²) in [5, 5.41) is 4.92. The van der Waals surface area contributed by atoms with Crippen molar-refractivity contribution in [3.8, 4) is 0 Å². The molecule has 0 aliphatic carbocycles. The lowest BCUT2D eigenvalue weighted by Crippen LogP contribution is -2.42. The summed E-state index contributed by atoms with van der Waals surface area (Å²) < 4.78 is 42.0. The number of nitrogens with one attached hydrogen (secondary N) is 2. The molecule has 122 valence electrons. The predicted octanol–water partition coefficient (Wildman–Crippen LogP) is 1.59. The van der Waals surface area contributed by atoms with Crippen LogP contribution in [0.15, 0.2) is 24.3 Å². The molecular formula is C14H17F3N2O3. The third-order valence-electron chi connectivity index (χ3n) is 2.71. The number of hydrogen-bond acceptors (Lipinski definition) is 3. The molecule has 0 aliphatic heterocycles. The van der Waals surface area contributed by atoms with Crippen molar-refractivity contribution in [2.24, 2.45) is 0 Å². The Morgan fingerprint density at radius 2 is 1.82 bits per heavy atom. The third-order valence-corrected chi connectivity index (χ3v) is 2.71. The highest BCUT2D eigenvalue weighted by atomic mass is 19.4. The van der Waals surface area contributed by atoms with Crippen molar-refractivity contribution >= 4 is 11.8 Å². The minimum atomic E-state index is -4.45. The standard InChI is InChI=1S/C14H17F3N2O3/c1-9(8-22-2)19-12(20)7-18-13(21)10-3-5-11(6-4-10)14(15,16)17/h3-6,9H,7-8H2,1-2H3,(H,18,21)(H,19,20)/t9-/m0/s1. The van der Waals surface area contributed by atoms with Crippen molar-refractivity contribution in [2.45, 2.75) is 19.1 Å². The largest absolute Gasteiger partial charge is 0.416 e.